The lowest BCUT2D eigenvalue weighted by Gasteiger charge is -2.19. The molecule has 1 rings (SSSR count). The summed E-state index contributed by atoms with van der Waals surface area (Å²) in [6.07, 6.45) is 0. The molecule has 0 heterocycles. The topological polar surface area (TPSA) is 23.5 Å². The monoisotopic (exact) mass is 213 g/mol. The Morgan fingerprint density at radius 1 is 1.36 bits per heavy atom. The highest BCUT2D eigenvalue weighted by Crippen LogP contribution is 2.16. The van der Waals surface area contributed by atoms with Crippen LogP contribution in [0.15, 0.2) is 24.3 Å². The summed E-state index contributed by atoms with van der Waals surface area (Å²) in [6.45, 7) is 4.69. The van der Waals surface area contributed by atoms with E-state index in [1.165, 1.54) is 0 Å². The van der Waals surface area contributed by atoms with Crippen molar-refractivity contribution in [3.63, 3.8) is 0 Å². The third-order valence-electron chi connectivity index (χ3n) is 2.22. The molecule has 78 valence electrons. The lowest BCUT2D eigenvalue weighted by Crippen LogP contribution is -2.26. The highest BCUT2D eigenvalue weighted by molar-refractivity contribution is 6.31. The fourth-order valence-corrected chi connectivity index (χ4v) is 1.55. The minimum absolute atomic E-state index is 0.193. The van der Waals surface area contributed by atoms with Gasteiger partial charge in [0.15, 0.2) is 0 Å². The van der Waals surface area contributed by atoms with Crippen LogP contribution >= 0.6 is 11.6 Å². The molecule has 0 unspecified atom stereocenters. The first-order valence-corrected chi connectivity index (χ1v) is 5.22. The zero-order valence-corrected chi connectivity index (χ0v) is 9.17. The van der Waals surface area contributed by atoms with E-state index < -0.39 is 0 Å². The van der Waals surface area contributed by atoms with E-state index in [-0.39, 0.29) is 6.61 Å². The molecule has 0 aromatic heterocycles. The highest BCUT2D eigenvalue weighted by atomic mass is 35.5. The molecular formula is C11H16ClNO. The van der Waals surface area contributed by atoms with Crippen molar-refractivity contribution in [1.82, 2.24) is 4.90 Å². The second-order valence-electron chi connectivity index (χ2n) is 3.18. The number of aliphatic hydroxyl groups excluding tert-OH is 1. The molecule has 1 aromatic rings. The lowest BCUT2D eigenvalue weighted by molar-refractivity contribution is 0.197. The Morgan fingerprint density at radius 3 is 2.64 bits per heavy atom. The normalized spacial score (nSPS) is 10.9. The van der Waals surface area contributed by atoms with Gasteiger partial charge >= 0.3 is 0 Å². The van der Waals surface area contributed by atoms with Crippen LogP contribution in [0, 0.1) is 0 Å². The summed E-state index contributed by atoms with van der Waals surface area (Å²) in [5.74, 6) is 0. The SMILES string of the molecule is CCN(CCO)Cc1ccccc1Cl. The maximum Gasteiger partial charge on any atom is 0.0558 e. The van der Waals surface area contributed by atoms with Gasteiger partial charge in [-0.25, -0.2) is 0 Å². The Hall–Kier alpha value is -0.570. The molecule has 0 aliphatic carbocycles. The zero-order valence-electron chi connectivity index (χ0n) is 8.41. The summed E-state index contributed by atoms with van der Waals surface area (Å²) in [5, 5.41) is 9.64. The van der Waals surface area contributed by atoms with Crippen LogP contribution in [0.4, 0.5) is 0 Å². The molecule has 14 heavy (non-hydrogen) atoms. The standard InChI is InChI=1S/C11H16ClNO/c1-2-13(7-8-14)9-10-5-3-4-6-11(10)12/h3-6,14H,2,7-9H2,1H3. The number of hydrogen-bond acceptors (Lipinski definition) is 2. The van der Waals surface area contributed by atoms with Crippen molar-refractivity contribution in [2.45, 2.75) is 13.5 Å². The van der Waals surface area contributed by atoms with Gasteiger partial charge in [-0.05, 0) is 18.2 Å². The Labute approximate surface area is 90.1 Å². The molecule has 0 aliphatic heterocycles. The smallest absolute Gasteiger partial charge is 0.0558 e. The van der Waals surface area contributed by atoms with Crippen molar-refractivity contribution in [2.24, 2.45) is 0 Å². The average Bonchev–Trinajstić information content (AvgIpc) is 2.20. The van der Waals surface area contributed by atoms with E-state index in [2.05, 4.69) is 11.8 Å². The first-order chi connectivity index (χ1) is 6.77. The Morgan fingerprint density at radius 2 is 2.07 bits per heavy atom. The number of benzene rings is 1. The molecule has 0 fully saturated rings. The molecule has 0 amide bonds. The van der Waals surface area contributed by atoms with Gasteiger partial charge in [0.2, 0.25) is 0 Å². The van der Waals surface area contributed by atoms with Crippen molar-refractivity contribution >= 4 is 11.6 Å². The predicted octanol–water partition coefficient (Wildman–Crippen LogP) is 2.15. The summed E-state index contributed by atoms with van der Waals surface area (Å²) in [7, 11) is 0. The number of likely N-dealkylation sites (N-methyl/N-ethyl adjacent to an activating group) is 1. The largest absolute Gasteiger partial charge is 0.395 e. The van der Waals surface area contributed by atoms with E-state index in [1.54, 1.807) is 0 Å². The van der Waals surface area contributed by atoms with Crippen molar-refractivity contribution < 1.29 is 5.11 Å². The Bertz CT molecular complexity index is 278. The van der Waals surface area contributed by atoms with Crippen LogP contribution < -0.4 is 0 Å². The van der Waals surface area contributed by atoms with E-state index in [9.17, 15) is 0 Å². The van der Waals surface area contributed by atoms with Crippen LogP contribution in [-0.2, 0) is 6.54 Å². The second-order valence-corrected chi connectivity index (χ2v) is 3.59. The van der Waals surface area contributed by atoms with E-state index in [4.69, 9.17) is 16.7 Å². The molecule has 1 aromatic carbocycles. The molecule has 0 saturated carbocycles. The van der Waals surface area contributed by atoms with Crippen LogP contribution in [0.5, 0.6) is 0 Å². The molecule has 2 nitrogen and oxygen atoms in total. The summed E-state index contributed by atoms with van der Waals surface area (Å²) < 4.78 is 0. The van der Waals surface area contributed by atoms with Crippen LogP contribution in [-0.4, -0.2) is 29.7 Å². The van der Waals surface area contributed by atoms with Crippen molar-refractivity contribution in [2.75, 3.05) is 19.7 Å². The second kappa shape index (κ2) is 6.02. The summed E-state index contributed by atoms with van der Waals surface area (Å²) in [6, 6.07) is 7.81. The number of aliphatic hydroxyl groups is 1. The molecule has 0 atom stereocenters. The summed E-state index contributed by atoms with van der Waals surface area (Å²) >= 11 is 6.04. The van der Waals surface area contributed by atoms with Crippen LogP contribution in [0.3, 0.4) is 0 Å². The molecule has 0 radical (unpaired) electrons. The molecular weight excluding hydrogens is 198 g/mol. The number of hydrogen-bond donors (Lipinski definition) is 1. The number of nitrogens with zero attached hydrogens (tertiary/aromatic N) is 1. The summed E-state index contributed by atoms with van der Waals surface area (Å²) in [5.41, 5.74) is 1.12. The van der Waals surface area contributed by atoms with E-state index in [0.29, 0.717) is 6.54 Å². The van der Waals surface area contributed by atoms with Crippen molar-refractivity contribution in [1.29, 1.82) is 0 Å². The van der Waals surface area contributed by atoms with Gasteiger partial charge < -0.3 is 5.11 Å². The molecule has 0 spiro atoms. The van der Waals surface area contributed by atoms with Crippen LogP contribution in [0.25, 0.3) is 0 Å². The van der Waals surface area contributed by atoms with Gasteiger partial charge in [0, 0.05) is 18.1 Å². The predicted molar refractivity (Wildman–Crippen MR) is 59.5 cm³/mol. The van der Waals surface area contributed by atoms with Gasteiger partial charge in [-0.15, -0.1) is 0 Å². The Balaban J connectivity index is 2.62. The van der Waals surface area contributed by atoms with Gasteiger partial charge in [0.05, 0.1) is 6.61 Å². The molecule has 0 bridgehead atoms. The average molecular weight is 214 g/mol. The van der Waals surface area contributed by atoms with Gasteiger partial charge in [-0.1, -0.05) is 36.7 Å². The summed E-state index contributed by atoms with van der Waals surface area (Å²) in [4.78, 5) is 2.15. The third kappa shape index (κ3) is 3.29. The minimum Gasteiger partial charge on any atom is -0.395 e. The van der Waals surface area contributed by atoms with Crippen LogP contribution in [0.1, 0.15) is 12.5 Å². The number of rotatable bonds is 5. The first-order valence-electron chi connectivity index (χ1n) is 4.84. The maximum absolute atomic E-state index is 8.84. The molecule has 0 saturated heterocycles. The fourth-order valence-electron chi connectivity index (χ4n) is 1.36. The van der Waals surface area contributed by atoms with Crippen molar-refractivity contribution in [3.8, 4) is 0 Å². The van der Waals surface area contributed by atoms with Crippen LogP contribution in [0.2, 0.25) is 5.02 Å². The Kier molecular flexibility index (Phi) is 4.94. The van der Waals surface area contributed by atoms with Gasteiger partial charge in [0.25, 0.3) is 0 Å². The van der Waals surface area contributed by atoms with E-state index in [1.807, 2.05) is 24.3 Å². The molecule has 3 heteroatoms. The van der Waals surface area contributed by atoms with Gasteiger partial charge in [-0.2, -0.15) is 0 Å². The third-order valence-corrected chi connectivity index (χ3v) is 2.58. The minimum atomic E-state index is 0.193. The fraction of sp³-hybridized carbons (Fsp3) is 0.455. The highest BCUT2D eigenvalue weighted by Gasteiger charge is 2.05. The van der Waals surface area contributed by atoms with Gasteiger partial charge in [0.1, 0.15) is 0 Å². The number of halogens is 1. The molecule has 1 N–H and O–H groups in total. The maximum atomic E-state index is 8.84. The quantitative estimate of drug-likeness (QED) is 0.811. The molecule has 0 aliphatic rings. The lowest BCUT2D eigenvalue weighted by atomic mass is 10.2. The van der Waals surface area contributed by atoms with Gasteiger partial charge in [-0.3, -0.25) is 4.90 Å². The van der Waals surface area contributed by atoms with Crippen molar-refractivity contribution in [3.05, 3.63) is 34.9 Å². The zero-order chi connectivity index (χ0) is 10.4. The first kappa shape index (κ1) is 11.5. The van der Waals surface area contributed by atoms with E-state index >= 15 is 0 Å². The van der Waals surface area contributed by atoms with E-state index in [0.717, 1.165) is 23.7 Å².